The number of nitrogens with one attached hydrogen (secondary N) is 1. The van der Waals surface area contributed by atoms with Crippen LogP contribution in [-0.4, -0.2) is 73.6 Å². The van der Waals surface area contributed by atoms with Gasteiger partial charge in [-0.1, -0.05) is 64.7 Å². The summed E-state index contributed by atoms with van der Waals surface area (Å²) in [6.07, 6.45) is 13.0. The van der Waals surface area contributed by atoms with Crippen LogP contribution in [0.15, 0.2) is 0 Å². The largest absolute Gasteiger partial charge is 0.748 e. The van der Waals surface area contributed by atoms with Crippen LogP contribution in [0.2, 0.25) is 0 Å². The third kappa shape index (κ3) is 12.9. The lowest BCUT2D eigenvalue weighted by molar-refractivity contribution is -0.917. The first-order valence-electron chi connectivity index (χ1n) is 11.9. The van der Waals surface area contributed by atoms with E-state index in [0.717, 1.165) is 32.2 Å². The zero-order valence-electron chi connectivity index (χ0n) is 19.1. The standard InChI is InChI=1S/C22H44N2O5S/c1-3-4-5-6-7-8-9-10-11-12-15-23-22(26)20-13-16-24(2,17-14-20)18-21(25)19-30(27,28)29/h20-21,25H,3-19H2,1-2H3,(H-,23,26,27,28,29). The summed E-state index contributed by atoms with van der Waals surface area (Å²) < 4.78 is 32.9. The molecule has 1 atom stereocenters. The van der Waals surface area contributed by atoms with Crippen LogP contribution in [0.4, 0.5) is 0 Å². The molecule has 30 heavy (non-hydrogen) atoms. The van der Waals surface area contributed by atoms with Gasteiger partial charge < -0.3 is 19.5 Å². The van der Waals surface area contributed by atoms with Crippen molar-refractivity contribution in [2.45, 2.75) is 90.1 Å². The lowest BCUT2D eigenvalue weighted by Crippen LogP contribution is -2.55. The molecule has 0 bridgehead atoms. The Hall–Kier alpha value is -0.700. The van der Waals surface area contributed by atoms with Gasteiger partial charge >= 0.3 is 0 Å². The van der Waals surface area contributed by atoms with E-state index in [4.69, 9.17) is 0 Å². The summed E-state index contributed by atoms with van der Waals surface area (Å²) in [7, 11) is -2.48. The molecule has 1 heterocycles. The molecule has 0 aliphatic carbocycles. The first kappa shape index (κ1) is 27.3. The summed E-state index contributed by atoms with van der Waals surface area (Å²) in [6.45, 7) is 4.61. The highest BCUT2D eigenvalue weighted by molar-refractivity contribution is 7.85. The van der Waals surface area contributed by atoms with Crippen LogP contribution < -0.4 is 5.32 Å². The van der Waals surface area contributed by atoms with E-state index in [0.29, 0.717) is 17.6 Å². The van der Waals surface area contributed by atoms with E-state index in [1.807, 2.05) is 7.05 Å². The molecule has 0 aromatic heterocycles. The van der Waals surface area contributed by atoms with Gasteiger partial charge in [-0.3, -0.25) is 4.79 Å². The van der Waals surface area contributed by atoms with Crippen LogP contribution in [0.1, 0.15) is 84.0 Å². The number of quaternary nitrogens is 1. The molecule has 8 heteroatoms. The number of aliphatic hydroxyl groups is 1. The molecule has 1 fully saturated rings. The van der Waals surface area contributed by atoms with Gasteiger partial charge in [0.1, 0.15) is 12.6 Å². The average Bonchev–Trinajstić information content (AvgIpc) is 2.64. The Balaban J connectivity index is 2.09. The normalized spacial score (nSPS) is 23.3. The van der Waals surface area contributed by atoms with Crippen LogP contribution in [0.3, 0.4) is 0 Å². The molecule has 0 spiro atoms. The van der Waals surface area contributed by atoms with Gasteiger partial charge in [0, 0.05) is 25.3 Å². The quantitative estimate of drug-likeness (QED) is 0.214. The molecule has 178 valence electrons. The molecule has 1 amide bonds. The maximum atomic E-state index is 12.4. The molecular formula is C22H44N2O5S. The van der Waals surface area contributed by atoms with Gasteiger partial charge in [-0.2, -0.15) is 0 Å². The number of carbonyl (C=O) groups is 1. The topological polar surface area (TPSA) is 107 Å². The fraction of sp³-hybridized carbons (Fsp3) is 0.955. The average molecular weight is 449 g/mol. The van der Waals surface area contributed by atoms with Crippen molar-refractivity contribution >= 4 is 16.0 Å². The number of likely N-dealkylation sites (tertiary alicyclic amines) is 1. The first-order valence-corrected chi connectivity index (χ1v) is 13.5. The summed E-state index contributed by atoms with van der Waals surface area (Å²) in [5, 5.41) is 12.9. The Labute approximate surface area is 184 Å². The zero-order chi connectivity index (χ0) is 22.5. The fourth-order valence-electron chi connectivity index (χ4n) is 4.40. The maximum absolute atomic E-state index is 12.4. The van der Waals surface area contributed by atoms with Crippen LogP contribution in [-0.2, 0) is 14.9 Å². The molecular weight excluding hydrogens is 404 g/mol. The molecule has 0 aromatic carbocycles. The highest BCUT2D eigenvalue weighted by Crippen LogP contribution is 2.23. The molecule has 0 radical (unpaired) electrons. The van der Waals surface area contributed by atoms with Crippen LogP contribution in [0, 0.1) is 5.92 Å². The van der Waals surface area contributed by atoms with Crippen LogP contribution in [0.25, 0.3) is 0 Å². The second-order valence-electron chi connectivity index (χ2n) is 9.37. The Morgan fingerprint density at radius 3 is 2.03 bits per heavy atom. The summed E-state index contributed by atoms with van der Waals surface area (Å²) in [4.78, 5) is 12.4. The number of amides is 1. The fourth-order valence-corrected chi connectivity index (χ4v) is 4.98. The van der Waals surface area contributed by atoms with Gasteiger partial charge in [-0.05, 0) is 6.42 Å². The zero-order valence-corrected chi connectivity index (χ0v) is 19.9. The van der Waals surface area contributed by atoms with Crippen LogP contribution >= 0.6 is 0 Å². The summed E-state index contributed by atoms with van der Waals surface area (Å²) >= 11 is 0. The van der Waals surface area contributed by atoms with E-state index < -0.39 is 22.0 Å². The second-order valence-corrected chi connectivity index (χ2v) is 10.8. The molecule has 1 aliphatic heterocycles. The molecule has 0 aromatic rings. The second kappa shape index (κ2) is 14.4. The minimum absolute atomic E-state index is 0.0142. The predicted molar refractivity (Wildman–Crippen MR) is 119 cm³/mol. The number of aliphatic hydroxyl groups excluding tert-OH is 1. The van der Waals surface area contributed by atoms with Crippen molar-refractivity contribution in [1.82, 2.24) is 5.32 Å². The van der Waals surface area contributed by atoms with Gasteiger partial charge in [0.15, 0.2) is 0 Å². The van der Waals surface area contributed by atoms with E-state index in [9.17, 15) is 22.9 Å². The molecule has 1 saturated heterocycles. The van der Waals surface area contributed by atoms with Crippen molar-refractivity contribution in [1.29, 1.82) is 0 Å². The Morgan fingerprint density at radius 1 is 1.03 bits per heavy atom. The van der Waals surface area contributed by atoms with Crippen LogP contribution in [0.5, 0.6) is 0 Å². The van der Waals surface area contributed by atoms with Gasteiger partial charge in [0.25, 0.3) is 0 Å². The Kier molecular flexibility index (Phi) is 13.1. The molecule has 2 N–H and O–H groups in total. The Bertz CT molecular complexity index is 574. The van der Waals surface area contributed by atoms with Gasteiger partial charge in [-0.25, -0.2) is 8.42 Å². The summed E-state index contributed by atoms with van der Waals surface area (Å²) in [5.41, 5.74) is 0. The number of rotatable bonds is 16. The number of nitrogens with zero attached hydrogens (tertiary/aromatic N) is 1. The van der Waals surface area contributed by atoms with Crippen molar-refractivity contribution in [3.8, 4) is 0 Å². The third-order valence-electron chi connectivity index (χ3n) is 6.28. The predicted octanol–water partition coefficient (Wildman–Crippen LogP) is 2.79. The minimum atomic E-state index is -4.42. The number of carbonyl (C=O) groups excluding carboxylic acids is 1. The van der Waals surface area contributed by atoms with E-state index in [-0.39, 0.29) is 18.4 Å². The Morgan fingerprint density at radius 2 is 1.53 bits per heavy atom. The van der Waals surface area contributed by atoms with E-state index >= 15 is 0 Å². The maximum Gasteiger partial charge on any atom is 0.223 e. The number of unbranched alkanes of at least 4 members (excludes halogenated alkanes) is 9. The molecule has 7 nitrogen and oxygen atoms in total. The summed E-state index contributed by atoms with van der Waals surface area (Å²) in [5.74, 6) is -0.650. The molecule has 0 saturated carbocycles. The number of likely N-dealkylation sites (N-methyl/N-ethyl adjacent to an activating group) is 1. The lowest BCUT2D eigenvalue weighted by Gasteiger charge is -2.41. The van der Waals surface area contributed by atoms with E-state index in [1.54, 1.807) is 0 Å². The monoisotopic (exact) mass is 448 g/mol. The molecule has 1 rings (SSSR count). The number of hydrogen-bond acceptors (Lipinski definition) is 5. The SMILES string of the molecule is CCCCCCCCCCCCNC(=O)C1CC[N+](C)(CC(O)CS(=O)(=O)[O-])CC1. The van der Waals surface area contributed by atoms with Crippen molar-refractivity contribution < 1.29 is 27.4 Å². The third-order valence-corrected chi connectivity index (χ3v) is 7.08. The first-order chi connectivity index (χ1) is 14.2. The van der Waals surface area contributed by atoms with Crippen molar-refractivity contribution in [3.63, 3.8) is 0 Å². The van der Waals surface area contributed by atoms with Crippen molar-refractivity contribution in [3.05, 3.63) is 0 Å². The number of hydrogen-bond donors (Lipinski definition) is 2. The van der Waals surface area contributed by atoms with Gasteiger partial charge in [0.05, 0.1) is 36.0 Å². The van der Waals surface area contributed by atoms with E-state index in [1.165, 1.54) is 51.4 Å². The van der Waals surface area contributed by atoms with Gasteiger partial charge in [-0.15, -0.1) is 0 Å². The van der Waals surface area contributed by atoms with E-state index in [2.05, 4.69) is 12.2 Å². The lowest BCUT2D eigenvalue weighted by atomic mass is 9.94. The minimum Gasteiger partial charge on any atom is -0.748 e. The summed E-state index contributed by atoms with van der Waals surface area (Å²) in [6, 6.07) is 0. The van der Waals surface area contributed by atoms with Crippen molar-refractivity contribution in [2.24, 2.45) is 5.92 Å². The highest BCUT2D eigenvalue weighted by atomic mass is 32.2. The molecule has 1 unspecified atom stereocenters. The number of piperidine rings is 1. The highest BCUT2D eigenvalue weighted by Gasteiger charge is 2.35. The van der Waals surface area contributed by atoms with Gasteiger partial charge in [0.2, 0.25) is 5.91 Å². The smallest absolute Gasteiger partial charge is 0.223 e. The van der Waals surface area contributed by atoms with Crippen molar-refractivity contribution in [2.75, 3.05) is 39.0 Å². The molecule has 1 aliphatic rings.